The molecule has 0 aromatic carbocycles. The molecule has 0 spiro atoms. The van der Waals surface area contributed by atoms with E-state index in [1.165, 1.54) is 0 Å². The van der Waals surface area contributed by atoms with Crippen LogP contribution in [0.5, 0.6) is 0 Å². The van der Waals surface area contributed by atoms with Crippen LogP contribution < -0.4 is 16.8 Å². The average Bonchev–Trinajstić information content (AvgIpc) is 1.88. The van der Waals surface area contributed by atoms with E-state index in [0.29, 0.717) is 13.1 Å². The van der Waals surface area contributed by atoms with Gasteiger partial charge in [-0.05, 0) is 21.1 Å². The highest BCUT2D eigenvalue weighted by Crippen LogP contribution is 1.49. The van der Waals surface area contributed by atoms with E-state index in [-0.39, 0.29) is 0 Å². The van der Waals surface area contributed by atoms with Gasteiger partial charge in [-0.3, -0.25) is 0 Å². The van der Waals surface area contributed by atoms with Crippen molar-refractivity contribution in [2.45, 2.75) is 0 Å². The zero-order valence-corrected chi connectivity index (χ0v) is 7.93. The largest absolute Gasteiger partial charge is 0.329 e. The van der Waals surface area contributed by atoms with Crippen molar-refractivity contribution in [1.29, 1.82) is 0 Å². The lowest BCUT2D eigenvalue weighted by atomic mass is 10.6. The van der Waals surface area contributed by atoms with Crippen molar-refractivity contribution in [2.24, 2.45) is 11.5 Å². The summed E-state index contributed by atoms with van der Waals surface area (Å²) in [7, 11) is 6.00. The molecule has 11 heavy (non-hydrogen) atoms. The molecule has 0 atom stereocenters. The van der Waals surface area contributed by atoms with E-state index in [2.05, 4.69) is 5.32 Å². The van der Waals surface area contributed by atoms with Gasteiger partial charge in [0.05, 0.1) is 0 Å². The maximum Gasteiger partial charge on any atom is 0.00750 e. The summed E-state index contributed by atoms with van der Waals surface area (Å²) < 4.78 is 0. The monoisotopic (exact) mass is 162 g/mol. The molecule has 0 aliphatic heterocycles. The van der Waals surface area contributed by atoms with Gasteiger partial charge in [0.2, 0.25) is 0 Å². The van der Waals surface area contributed by atoms with Crippen LogP contribution in [0.25, 0.3) is 0 Å². The van der Waals surface area contributed by atoms with Crippen molar-refractivity contribution in [1.82, 2.24) is 10.2 Å². The molecule has 0 saturated carbocycles. The van der Waals surface area contributed by atoms with Crippen LogP contribution in [0.4, 0.5) is 0 Å². The average molecular weight is 162 g/mol. The number of nitrogens with one attached hydrogen (secondary N) is 1. The molecule has 0 aromatic rings. The van der Waals surface area contributed by atoms with Crippen LogP contribution in [0.3, 0.4) is 0 Å². The van der Waals surface area contributed by atoms with Crippen LogP contribution >= 0.6 is 0 Å². The SMILES string of the molecule is CN(C)C.NCCNCCN. The van der Waals surface area contributed by atoms with Crippen LogP contribution in [0.2, 0.25) is 0 Å². The first kappa shape index (κ1) is 13.4. The molecule has 0 fully saturated rings. The topological polar surface area (TPSA) is 67.3 Å². The molecule has 0 heterocycles. The Bertz CT molecular complexity index is 49.6. The zero-order chi connectivity index (χ0) is 9.11. The Morgan fingerprint density at radius 2 is 1.27 bits per heavy atom. The lowest BCUT2D eigenvalue weighted by molar-refractivity contribution is 0.505. The van der Waals surface area contributed by atoms with Gasteiger partial charge in [-0.15, -0.1) is 0 Å². The van der Waals surface area contributed by atoms with Crippen molar-refractivity contribution in [3.8, 4) is 0 Å². The highest BCUT2D eigenvalue weighted by molar-refractivity contribution is 4.45. The molecule has 0 saturated heterocycles. The first-order valence-electron chi connectivity index (χ1n) is 3.87. The fourth-order valence-electron chi connectivity index (χ4n) is 0.329. The van der Waals surface area contributed by atoms with Crippen LogP contribution in [-0.4, -0.2) is 52.2 Å². The highest BCUT2D eigenvalue weighted by Gasteiger charge is 1.76. The predicted octanol–water partition coefficient (Wildman–Crippen LogP) is -1.33. The van der Waals surface area contributed by atoms with E-state index >= 15 is 0 Å². The molecular formula is C7H22N4. The third-order valence-electron chi connectivity index (χ3n) is 0.642. The zero-order valence-electron chi connectivity index (χ0n) is 7.93. The van der Waals surface area contributed by atoms with Gasteiger partial charge < -0.3 is 21.7 Å². The first-order chi connectivity index (χ1) is 5.15. The van der Waals surface area contributed by atoms with Crippen molar-refractivity contribution >= 4 is 0 Å². The van der Waals surface area contributed by atoms with Gasteiger partial charge in [0, 0.05) is 26.2 Å². The summed E-state index contributed by atoms with van der Waals surface area (Å²) in [6, 6.07) is 0. The molecule has 0 aliphatic carbocycles. The van der Waals surface area contributed by atoms with Crippen molar-refractivity contribution in [2.75, 3.05) is 47.3 Å². The van der Waals surface area contributed by atoms with E-state index in [1.54, 1.807) is 0 Å². The Balaban J connectivity index is 0. The molecular weight excluding hydrogens is 140 g/mol. The van der Waals surface area contributed by atoms with Crippen LogP contribution in [0.1, 0.15) is 0 Å². The van der Waals surface area contributed by atoms with E-state index < -0.39 is 0 Å². The molecule has 0 amide bonds. The highest BCUT2D eigenvalue weighted by atomic mass is 15.0. The maximum absolute atomic E-state index is 5.17. The smallest absolute Gasteiger partial charge is 0.00750 e. The van der Waals surface area contributed by atoms with Crippen molar-refractivity contribution < 1.29 is 0 Å². The molecule has 0 unspecified atom stereocenters. The third-order valence-corrected chi connectivity index (χ3v) is 0.642. The number of hydrogen-bond acceptors (Lipinski definition) is 4. The Kier molecular flexibility index (Phi) is 15.3. The van der Waals surface area contributed by atoms with Crippen LogP contribution in [-0.2, 0) is 0 Å². The second kappa shape index (κ2) is 12.5. The van der Waals surface area contributed by atoms with Gasteiger partial charge in [-0.25, -0.2) is 0 Å². The number of rotatable bonds is 4. The van der Waals surface area contributed by atoms with Crippen molar-refractivity contribution in [3.05, 3.63) is 0 Å². The summed E-state index contributed by atoms with van der Waals surface area (Å²) in [5.74, 6) is 0. The maximum atomic E-state index is 5.17. The van der Waals surface area contributed by atoms with Gasteiger partial charge in [-0.2, -0.15) is 0 Å². The molecule has 5 N–H and O–H groups in total. The lowest BCUT2D eigenvalue weighted by Crippen LogP contribution is -2.27. The minimum atomic E-state index is 0.694. The fourth-order valence-corrected chi connectivity index (χ4v) is 0.329. The van der Waals surface area contributed by atoms with Gasteiger partial charge in [0.25, 0.3) is 0 Å². The number of nitrogens with zero attached hydrogens (tertiary/aromatic N) is 1. The number of hydrogen-bond donors (Lipinski definition) is 3. The Labute approximate surface area is 69.9 Å². The third kappa shape index (κ3) is 41.0. The minimum Gasteiger partial charge on any atom is -0.329 e. The van der Waals surface area contributed by atoms with E-state index in [0.717, 1.165) is 13.1 Å². The molecule has 0 bridgehead atoms. The molecule has 0 aromatic heterocycles. The van der Waals surface area contributed by atoms with Crippen LogP contribution in [0, 0.1) is 0 Å². The quantitative estimate of drug-likeness (QED) is 0.448. The van der Waals surface area contributed by atoms with Crippen molar-refractivity contribution in [3.63, 3.8) is 0 Å². The van der Waals surface area contributed by atoms with E-state index in [4.69, 9.17) is 11.5 Å². The van der Waals surface area contributed by atoms with E-state index in [9.17, 15) is 0 Å². The fraction of sp³-hybridized carbons (Fsp3) is 1.00. The van der Waals surface area contributed by atoms with Gasteiger partial charge in [0.15, 0.2) is 0 Å². The summed E-state index contributed by atoms with van der Waals surface area (Å²) in [5.41, 5.74) is 10.3. The van der Waals surface area contributed by atoms with Crippen LogP contribution in [0.15, 0.2) is 0 Å². The molecule has 4 heteroatoms. The predicted molar refractivity (Wildman–Crippen MR) is 50.6 cm³/mol. The Morgan fingerprint density at radius 1 is 1.00 bits per heavy atom. The molecule has 4 nitrogen and oxygen atoms in total. The lowest BCUT2D eigenvalue weighted by Gasteiger charge is -1.95. The first-order valence-corrected chi connectivity index (χ1v) is 3.87. The van der Waals surface area contributed by atoms with Gasteiger partial charge in [-0.1, -0.05) is 0 Å². The summed E-state index contributed by atoms with van der Waals surface area (Å²) in [5, 5.41) is 3.03. The Morgan fingerprint density at radius 3 is 1.45 bits per heavy atom. The summed E-state index contributed by atoms with van der Waals surface area (Å²) in [4.78, 5) is 2.00. The standard InChI is InChI=1S/C4H13N3.C3H9N/c5-1-3-7-4-2-6;1-4(2)3/h7H,1-6H2;1-3H3. The Hall–Kier alpha value is -0.160. The minimum absolute atomic E-state index is 0.694. The van der Waals surface area contributed by atoms with E-state index in [1.807, 2.05) is 26.0 Å². The number of nitrogens with two attached hydrogens (primary N) is 2. The van der Waals surface area contributed by atoms with Gasteiger partial charge >= 0.3 is 0 Å². The summed E-state index contributed by atoms with van der Waals surface area (Å²) in [6.07, 6.45) is 0. The summed E-state index contributed by atoms with van der Waals surface area (Å²) >= 11 is 0. The van der Waals surface area contributed by atoms with Gasteiger partial charge in [0.1, 0.15) is 0 Å². The molecule has 0 radical (unpaired) electrons. The molecule has 70 valence electrons. The normalized spacial score (nSPS) is 9.27. The second-order valence-electron chi connectivity index (χ2n) is 2.67. The second-order valence-corrected chi connectivity index (χ2v) is 2.67. The summed E-state index contributed by atoms with van der Waals surface area (Å²) in [6.45, 7) is 3.13. The molecule has 0 aliphatic rings. The molecule has 0 rings (SSSR count).